The topological polar surface area (TPSA) is 94.5 Å². The van der Waals surface area contributed by atoms with E-state index in [2.05, 4.69) is 30.2 Å². The summed E-state index contributed by atoms with van der Waals surface area (Å²) in [5.41, 5.74) is 3.37. The summed E-state index contributed by atoms with van der Waals surface area (Å²) >= 11 is 1.53. The van der Waals surface area contributed by atoms with Crippen LogP contribution in [0.25, 0.3) is 0 Å². The zero-order valence-corrected chi connectivity index (χ0v) is 12.6. The Balaban J connectivity index is 1.66. The monoisotopic (exact) mass is 303 g/mol. The van der Waals surface area contributed by atoms with E-state index in [1.807, 2.05) is 13.0 Å². The number of rotatable bonds is 5. The lowest BCUT2D eigenvalue weighted by molar-refractivity contribution is 0.626. The molecule has 3 N–H and O–H groups in total. The van der Waals surface area contributed by atoms with Crippen LogP contribution in [0.3, 0.4) is 0 Å². The average Bonchev–Trinajstić information content (AvgIpc) is 3.37. The van der Waals surface area contributed by atoms with Gasteiger partial charge in [-0.05, 0) is 50.4 Å². The Morgan fingerprint density at radius 1 is 1.24 bits per heavy atom. The third-order valence-electron chi connectivity index (χ3n) is 3.70. The number of hydrogen-bond acceptors (Lipinski definition) is 7. The number of nitrogen functional groups attached to an aromatic ring is 1. The lowest BCUT2D eigenvalue weighted by Crippen LogP contribution is -2.11. The standard InChI is InChI=1S/C13H17N7S/c1-7-6-10(16-12(15-7)17-14)21-13-19-18-11(8-2-3-8)20(13)9-4-5-9/h6,8-9H,2-5,14H2,1H3,(H,15,16,17). The van der Waals surface area contributed by atoms with Crippen molar-refractivity contribution >= 4 is 17.7 Å². The van der Waals surface area contributed by atoms with Crippen LogP contribution in [-0.2, 0) is 0 Å². The lowest BCUT2D eigenvalue weighted by Gasteiger charge is -2.08. The van der Waals surface area contributed by atoms with Crippen LogP contribution in [0.5, 0.6) is 0 Å². The van der Waals surface area contributed by atoms with Crippen LogP contribution in [0.4, 0.5) is 5.95 Å². The third-order valence-corrected chi connectivity index (χ3v) is 4.58. The van der Waals surface area contributed by atoms with E-state index in [0.29, 0.717) is 17.9 Å². The first-order chi connectivity index (χ1) is 10.2. The second kappa shape index (κ2) is 4.96. The molecule has 2 saturated carbocycles. The van der Waals surface area contributed by atoms with E-state index < -0.39 is 0 Å². The van der Waals surface area contributed by atoms with Gasteiger partial charge < -0.3 is 4.57 Å². The molecule has 110 valence electrons. The lowest BCUT2D eigenvalue weighted by atomic mass is 10.4. The number of hydrazine groups is 1. The summed E-state index contributed by atoms with van der Waals surface area (Å²) in [4.78, 5) is 8.58. The molecule has 2 aromatic rings. The number of nitrogens with one attached hydrogen (secondary N) is 1. The van der Waals surface area contributed by atoms with Gasteiger partial charge >= 0.3 is 0 Å². The maximum atomic E-state index is 5.40. The fourth-order valence-corrected chi connectivity index (χ4v) is 3.38. The van der Waals surface area contributed by atoms with Gasteiger partial charge in [-0.2, -0.15) is 0 Å². The second-order valence-electron chi connectivity index (χ2n) is 5.63. The number of nitrogens with zero attached hydrogens (tertiary/aromatic N) is 5. The second-order valence-corrected chi connectivity index (χ2v) is 6.62. The fourth-order valence-electron chi connectivity index (χ4n) is 2.40. The molecular weight excluding hydrogens is 286 g/mol. The Kier molecular flexibility index (Phi) is 3.07. The van der Waals surface area contributed by atoms with Crippen molar-refractivity contribution < 1.29 is 0 Å². The summed E-state index contributed by atoms with van der Waals surface area (Å²) in [6, 6.07) is 2.52. The summed E-state index contributed by atoms with van der Waals surface area (Å²) in [6.07, 6.45) is 4.93. The van der Waals surface area contributed by atoms with E-state index in [1.165, 1.54) is 37.4 Å². The first kappa shape index (κ1) is 13.0. The molecule has 2 aromatic heterocycles. The number of hydrogen-bond donors (Lipinski definition) is 2. The molecule has 0 atom stereocenters. The zero-order chi connectivity index (χ0) is 14.4. The van der Waals surface area contributed by atoms with E-state index in [-0.39, 0.29) is 0 Å². The van der Waals surface area contributed by atoms with Gasteiger partial charge in [-0.15, -0.1) is 10.2 Å². The number of anilines is 1. The van der Waals surface area contributed by atoms with Crippen LogP contribution in [0.1, 0.15) is 49.2 Å². The van der Waals surface area contributed by atoms with Gasteiger partial charge in [-0.3, -0.25) is 5.43 Å². The Bertz CT molecular complexity index is 675. The maximum Gasteiger partial charge on any atom is 0.238 e. The number of aromatic nitrogens is 5. The normalized spacial score (nSPS) is 18.0. The molecule has 0 bridgehead atoms. The first-order valence-corrected chi connectivity index (χ1v) is 8.01. The highest BCUT2D eigenvalue weighted by atomic mass is 32.2. The van der Waals surface area contributed by atoms with Crippen LogP contribution >= 0.6 is 11.8 Å². The molecule has 0 radical (unpaired) electrons. The predicted octanol–water partition coefficient (Wildman–Crippen LogP) is 2.03. The van der Waals surface area contributed by atoms with Gasteiger partial charge in [0.25, 0.3) is 0 Å². The van der Waals surface area contributed by atoms with Crippen LogP contribution in [0, 0.1) is 6.92 Å². The molecule has 7 nitrogen and oxygen atoms in total. The Morgan fingerprint density at radius 2 is 2.05 bits per heavy atom. The molecule has 0 spiro atoms. The highest BCUT2D eigenvalue weighted by Gasteiger charge is 2.36. The minimum atomic E-state index is 0.428. The molecule has 0 aromatic carbocycles. The Labute approximate surface area is 126 Å². The predicted molar refractivity (Wildman–Crippen MR) is 79.0 cm³/mol. The van der Waals surface area contributed by atoms with Crippen LogP contribution < -0.4 is 11.3 Å². The van der Waals surface area contributed by atoms with Gasteiger partial charge in [0.05, 0.1) is 0 Å². The van der Waals surface area contributed by atoms with Crippen LogP contribution in [0.15, 0.2) is 16.2 Å². The molecule has 0 saturated heterocycles. The molecule has 0 amide bonds. The van der Waals surface area contributed by atoms with E-state index in [1.54, 1.807) is 0 Å². The quantitative estimate of drug-likeness (QED) is 0.495. The highest BCUT2D eigenvalue weighted by Crippen LogP contribution is 2.46. The van der Waals surface area contributed by atoms with Crippen molar-refractivity contribution in [1.29, 1.82) is 0 Å². The zero-order valence-electron chi connectivity index (χ0n) is 11.8. The van der Waals surface area contributed by atoms with Crippen molar-refractivity contribution in [2.75, 3.05) is 5.43 Å². The van der Waals surface area contributed by atoms with Gasteiger partial charge in [0.1, 0.15) is 10.9 Å². The average molecular weight is 303 g/mol. The van der Waals surface area contributed by atoms with Crippen molar-refractivity contribution in [1.82, 2.24) is 24.7 Å². The largest absolute Gasteiger partial charge is 0.302 e. The van der Waals surface area contributed by atoms with Crippen LogP contribution in [0.2, 0.25) is 0 Å². The summed E-state index contributed by atoms with van der Waals surface area (Å²) in [7, 11) is 0. The highest BCUT2D eigenvalue weighted by molar-refractivity contribution is 7.99. The van der Waals surface area contributed by atoms with Crippen molar-refractivity contribution in [3.63, 3.8) is 0 Å². The van der Waals surface area contributed by atoms with Gasteiger partial charge in [0.2, 0.25) is 5.95 Å². The van der Waals surface area contributed by atoms with E-state index in [4.69, 9.17) is 5.84 Å². The minimum Gasteiger partial charge on any atom is -0.302 e. The molecular formula is C13H17N7S. The molecule has 8 heteroatoms. The van der Waals surface area contributed by atoms with Gasteiger partial charge in [0, 0.05) is 17.7 Å². The summed E-state index contributed by atoms with van der Waals surface area (Å²) < 4.78 is 2.31. The first-order valence-electron chi connectivity index (χ1n) is 7.19. The van der Waals surface area contributed by atoms with Crippen molar-refractivity contribution in [2.45, 2.75) is 54.7 Å². The van der Waals surface area contributed by atoms with Gasteiger partial charge in [-0.1, -0.05) is 0 Å². The van der Waals surface area contributed by atoms with E-state index in [9.17, 15) is 0 Å². The van der Waals surface area contributed by atoms with E-state index in [0.717, 1.165) is 21.7 Å². The number of aryl methyl sites for hydroxylation is 1. The summed E-state index contributed by atoms with van der Waals surface area (Å²) in [5, 5.41) is 10.6. The molecule has 21 heavy (non-hydrogen) atoms. The third kappa shape index (κ3) is 2.60. The Hall–Kier alpha value is -1.67. The molecule has 4 rings (SSSR count). The molecule has 2 fully saturated rings. The number of nitrogens with two attached hydrogens (primary N) is 1. The van der Waals surface area contributed by atoms with Gasteiger partial charge in [0.15, 0.2) is 5.16 Å². The molecule has 2 aliphatic rings. The minimum absolute atomic E-state index is 0.428. The van der Waals surface area contributed by atoms with Crippen molar-refractivity contribution in [3.8, 4) is 0 Å². The molecule has 2 aliphatic carbocycles. The summed E-state index contributed by atoms with van der Waals surface area (Å²) in [6.45, 7) is 1.92. The Morgan fingerprint density at radius 3 is 2.71 bits per heavy atom. The summed E-state index contributed by atoms with van der Waals surface area (Å²) in [5.74, 6) is 7.60. The van der Waals surface area contributed by atoms with Crippen molar-refractivity contribution in [2.24, 2.45) is 5.84 Å². The van der Waals surface area contributed by atoms with E-state index >= 15 is 0 Å². The van der Waals surface area contributed by atoms with Crippen molar-refractivity contribution in [3.05, 3.63) is 17.6 Å². The molecule has 2 heterocycles. The fraction of sp³-hybridized carbons (Fsp3) is 0.538. The molecule has 0 aliphatic heterocycles. The smallest absolute Gasteiger partial charge is 0.238 e. The van der Waals surface area contributed by atoms with Crippen LogP contribution in [-0.4, -0.2) is 24.7 Å². The SMILES string of the molecule is Cc1cc(Sc2nnc(C3CC3)n2C2CC2)nc(NN)n1. The maximum absolute atomic E-state index is 5.40. The van der Waals surface area contributed by atoms with Gasteiger partial charge in [-0.25, -0.2) is 15.8 Å². The molecule has 0 unspecified atom stereocenters.